The topological polar surface area (TPSA) is 101 Å². The number of hydrogen-bond acceptors (Lipinski definition) is 5. The predicted octanol–water partition coefficient (Wildman–Crippen LogP) is 4.47. The number of benzene rings is 1. The number of aliphatic carboxylic acids is 1. The van der Waals surface area contributed by atoms with E-state index in [0.29, 0.717) is 4.90 Å². The summed E-state index contributed by atoms with van der Waals surface area (Å²) < 4.78 is 5.12. The van der Waals surface area contributed by atoms with E-state index in [2.05, 4.69) is 0 Å². The lowest BCUT2D eigenvalue weighted by atomic mass is 10.1. The molecule has 1 aliphatic rings. The zero-order valence-electron chi connectivity index (χ0n) is 14.9. The molecule has 0 aliphatic carbocycles. The molecule has 7 nitrogen and oxygen atoms in total. The van der Waals surface area contributed by atoms with Gasteiger partial charge in [0.15, 0.2) is 0 Å². The molecule has 1 aromatic carbocycles. The van der Waals surface area contributed by atoms with Gasteiger partial charge in [-0.2, -0.15) is 0 Å². The number of esters is 1. The van der Waals surface area contributed by atoms with Crippen LogP contribution in [0.1, 0.15) is 54.3 Å². The Morgan fingerprint density at radius 1 is 0.964 bits per heavy atom. The third-order valence-corrected chi connectivity index (χ3v) is 5.57. The van der Waals surface area contributed by atoms with Crippen LogP contribution >= 0.6 is 46.4 Å². The molecule has 0 fully saturated rings. The average molecular weight is 471 g/mol. The summed E-state index contributed by atoms with van der Waals surface area (Å²) in [6.07, 6.45) is -0.683. The summed E-state index contributed by atoms with van der Waals surface area (Å²) in [5.41, 5.74) is -1.41. The number of hydrogen-bond donors (Lipinski definition) is 1. The van der Waals surface area contributed by atoms with E-state index in [9.17, 15) is 24.3 Å². The molecular formula is C17H15Cl4NO6. The lowest BCUT2D eigenvalue weighted by Crippen LogP contribution is -2.45. The smallest absolute Gasteiger partial charge is 0.326 e. The molecule has 0 saturated carbocycles. The first-order chi connectivity index (χ1) is 12.8. The Hall–Kier alpha value is -1.54. The average Bonchev–Trinajstić information content (AvgIpc) is 2.81. The maximum Gasteiger partial charge on any atom is 0.326 e. The van der Waals surface area contributed by atoms with Crippen molar-refractivity contribution < 1.29 is 29.0 Å². The van der Waals surface area contributed by atoms with Gasteiger partial charge in [0.25, 0.3) is 11.8 Å². The largest absolute Gasteiger partial charge is 0.480 e. The van der Waals surface area contributed by atoms with Gasteiger partial charge in [0.2, 0.25) is 0 Å². The number of carbonyl (C=O) groups excluding carboxylic acids is 3. The van der Waals surface area contributed by atoms with Crippen LogP contribution in [0.2, 0.25) is 20.1 Å². The van der Waals surface area contributed by atoms with E-state index >= 15 is 0 Å². The van der Waals surface area contributed by atoms with E-state index in [0.717, 1.165) is 0 Å². The van der Waals surface area contributed by atoms with E-state index in [1.54, 1.807) is 20.8 Å². The van der Waals surface area contributed by atoms with Crippen molar-refractivity contribution in [2.24, 2.45) is 0 Å². The van der Waals surface area contributed by atoms with Gasteiger partial charge in [-0.05, 0) is 27.2 Å². The minimum atomic E-state index is -1.63. The summed E-state index contributed by atoms with van der Waals surface area (Å²) in [5.74, 6) is -4.12. The molecule has 2 rings (SSSR count). The van der Waals surface area contributed by atoms with Crippen molar-refractivity contribution in [1.82, 2.24) is 4.90 Å². The molecule has 0 spiro atoms. The fourth-order valence-corrected chi connectivity index (χ4v) is 3.67. The van der Waals surface area contributed by atoms with E-state index in [1.165, 1.54) is 0 Å². The van der Waals surface area contributed by atoms with Crippen LogP contribution < -0.4 is 0 Å². The van der Waals surface area contributed by atoms with Crippen molar-refractivity contribution in [2.75, 3.05) is 0 Å². The first-order valence-corrected chi connectivity index (χ1v) is 9.47. The Kier molecular flexibility index (Phi) is 6.55. The number of halogens is 4. The van der Waals surface area contributed by atoms with Crippen molar-refractivity contribution in [2.45, 2.75) is 45.3 Å². The lowest BCUT2D eigenvalue weighted by molar-refractivity contribution is -0.155. The Balaban J connectivity index is 2.37. The molecule has 1 N–H and O–H groups in total. The van der Waals surface area contributed by atoms with Crippen molar-refractivity contribution in [3.05, 3.63) is 31.2 Å². The number of nitrogens with zero attached hydrogens (tertiary/aromatic N) is 1. The maximum atomic E-state index is 12.7. The van der Waals surface area contributed by atoms with Crippen LogP contribution in [0.4, 0.5) is 0 Å². The van der Waals surface area contributed by atoms with Crippen LogP contribution in [0.25, 0.3) is 0 Å². The summed E-state index contributed by atoms with van der Waals surface area (Å²) in [6.45, 7) is 4.96. The quantitative estimate of drug-likeness (QED) is 0.295. The van der Waals surface area contributed by atoms with Crippen molar-refractivity contribution in [3.8, 4) is 0 Å². The molecule has 152 valence electrons. The van der Waals surface area contributed by atoms with E-state index in [4.69, 9.17) is 51.1 Å². The molecule has 0 bridgehead atoms. The van der Waals surface area contributed by atoms with Crippen molar-refractivity contribution in [1.29, 1.82) is 0 Å². The Morgan fingerprint density at radius 3 is 1.75 bits per heavy atom. The van der Waals surface area contributed by atoms with Crippen LogP contribution in [0, 0.1) is 0 Å². The number of amides is 2. The number of rotatable bonds is 5. The molecular weight excluding hydrogens is 456 g/mol. The highest BCUT2D eigenvalue weighted by Crippen LogP contribution is 2.45. The first-order valence-electron chi connectivity index (χ1n) is 7.96. The van der Waals surface area contributed by atoms with Gasteiger partial charge >= 0.3 is 11.9 Å². The van der Waals surface area contributed by atoms with Crippen LogP contribution in [-0.4, -0.2) is 45.4 Å². The molecule has 0 unspecified atom stereocenters. The number of fused-ring (bicyclic) bond motifs is 1. The second-order valence-electron chi connectivity index (χ2n) is 6.97. The molecule has 1 atom stereocenters. The number of ether oxygens (including phenoxy) is 1. The molecule has 28 heavy (non-hydrogen) atoms. The molecule has 1 heterocycles. The molecule has 11 heteroatoms. The summed E-state index contributed by atoms with van der Waals surface area (Å²) in [5, 5.41) is 8.47. The summed E-state index contributed by atoms with van der Waals surface area (Å²) >= 11 is 23.9. The standard InChI is InChI=1S/C17H15Cl4NO6/c1-17(2,3)28-7(23)5-4-6(16(26)27)22-14(24)8-9(15(22)25)11(19)13(21)12(20)10(8)18/h6H,4-5H2,1-3H3,(H,26,27)/t6-/m1/s1. The Morgan fingerprint density at radius 2 is 1.39 bits per heavy atom. The van der Waals surface area contributed by atoms with Crippen LogP contribution in [0.5, 0.6) is 0 Å². The van der Waals surface area contributed by atoms with Gasteiger partial charge in [-0.15, -0.1) is 0 Å². The Labute approximate surface area is 180 Å². The van der Waals surface area contributed by atoms with Crippen LogP contribution in [0.3, 0.4) is 0 Å². The highest BCUT2D eigenvalue weighted by atomic mass is 35.5. The van der Waals surface area contributed by atoms with Gasteiger partial charge in [-0.3, -0.25) is 19.3 Å². The van der Waals surface area contributed by atoms with Crippen LogP contribution in [-0.2, 0) is 14.3 Å². The highest BCUT2D eigenvalue weighted by Gasteiger charge is 2.46. The number of imide groups is 1. The van der Waals surface area contributed by atoms with Gasteiger partial charge in [-0.1, -0.05) is 46.4 Å². The molecule has 2 amide bonds. The maximum absolute atomic E-state index is 12.7. The van der Waals surface area contributed by atoms with Gasteiger partial charge in [0.1, 0.15) is 11.6 Å². The fourth-order valence-electron chi connectivity index (χ4n) is 2.66. The summed E-state index contributed by atoms with van der Waals surface area (Å²) in [6, 6.07) is -1.63. The number of carboxylic acid groups (broad SMARTS) is 1. The minimum absolute atomic E-state index is 0.226. The third kappa shape index (κ3) is 4.22. The first kappa shape index (κ1) is 22.7. The minimum Gasteiger partial charge on any atom is -0.480 e. The van der Waals surface area contributed by atoms with Gasteiger partial charge in [-0.25, -0.2) is 4.79 Å². The zero-order chi connectivity index (χ0) is 21.5. The second-order valence-corrected chi connectivity index (χ2v) is 8.48. The van der Waals surface area contributed by atoms with Gasteiger partial charge in [0, 0.05) is 6.42 Å². The molecule has 1 aromatic rings. The summed E-state index contributed by atoms with van der Waals surface area (Å²) in [4.78, 5) is 49.6. The van der Waals surface area contributed by atoms with Crippen LogP contribution in [0.15, 0.2) is 0 Å². The predicted molar refractivity (Wildman–Crippen MR) is 103 cm³/mol. The fraction of sp³-hybridized carbons (Fsp3) is 0.412. The zero-order valence-corrected chi connectivity index (χ0v) is 18.0. The molecule has 0 saturated heterocycles. The van der Waals surface area contributed by atoms with E-state index in [1.807, 2.05) is 0 Å². The molecule has 0 radical (unpaired) electrons. The monoisotopic (exact) mass is 469 g/mol. The van der Waals surface area contributed by atoms with Crippen molar-refractivity contribution >= 4 is 70.2 Å². The Bertz CT molecular complexity index is 846. The van der Waals surface area contributed by atoms with Gasteiger partial charge < -0.3 is 9.84 Å². The van der Waals surface area contributed by atoms with E-state index < -0.39 is 35.4 Å². The second kappa shape index (κ2) is 8.06. The SMILES string of the molecule is CC(C)(C)OC(=O)CC[C@H](C(=O)O)N1C(=O)c2c(Cl)c(Cl)c(Cl)c(Cl)c2C1=O. The van der Waals surface area contributed by atoms with Crippen molar-refractivity contribution in [3.63, 3.8) is 0 Å². The number of carboxylic acids is 1. The van der Waals surface area contributed by atoms with E-state index in [-0.39, 0.29) is 44.1 Å². The lowest BCUT2D eigenvalue weighted by Gasteiger charge is -2.23. The molecule has 1 aliphatic heterocycles. The highest BCUT2D eigenvalue weighted by molar-refractivity contribution is 6.55. The van der Waals surface area contributed by atoms with Gasteiger partial charge in [0.05, 0.1) is 31.2 Å². The normalized spacial score (nSPS) is 14.9. The number of carbonyl (C=O) groups is 4. The molecule has 0 aromatic heterocycles. The third-order valence-electron chi connectivity index (χ3n) is 3.77. The summed E-state index contributed by atoms with van der Waals surface area (Å²) in [7, 11) is 0.